The molecule has 0 N–H and O–H groups in total. The highest BCUT2D eigenvalue weighted by Crippen LogP contribution is 2.75. The summed E-state index contributed by atoms with van der Waals surface area (Å²) in [4.78, 5) is 0. The van der Waals surface area contributed by atoms with Crippen molar-refractivity contribution >= 4 is 17.9 Å². The zero-order valence-electron chi connectivity index (χ0n) is 15.4. The molecule has 0 nitrogen and oxygen atoms in total. The van der Waals surface area contributed by atoms with Gasteiger partial charge in [0.1, 0.15) is 23.0 Å². The summed E-state index contributed by atoms with van der Waals surface area (Å²) in [5, 5.41) is 4.71. The average Bonchev–Trinajstić information content (AvgIpc) is 2.71. The molecule has 2 aromatic rings. The van der Waals surface area contributed by atoms with Gasteiger partial charge >= 0.3 is 0 Å². The van der Waals surface area contributed by atoms with E-state index in [0.29, 0.717) is 0 Å². The zero-order valence-corrected chi connectivity index (χ0v) is 16.3. The quantitative estimate of drug-likeness (QED) is 0.575. The summed E-state index contributed by atoms with van der Waals surface area (Å²) in [5.74, 6) is 0. The molecule has 0 saturated heterocycles. The van der Waals surface area contributed by atoms with Crippen molar-refractivity contribution in [3.05, 3.63) is 109 Å². The lowest BCUT2D eigenvalue weighted by molar-refractivity contribution is 0.776. The highest BCUT2D eigenvalue weighted by molar-refractivity contribution is 7.94. The molecule has 0 fully saturated rings. The Morgan fingerprint density at radius 1 is 0.769 bits per heavy atom. The SMILES string of the molecule is CC1([P+](C2=CC=CCC2)(c2ccccc2)c2ccccc2)C=CC=CC1. The van der Waals surface area contributed by atoms with E-state index < -0.39 is 7.26 Å². The van der Waals surface area contributed by atoms with Gasteiger partial charge in [0, 0.05) is 12.8 Å². The second-order valence-corrected chi connectivity index (χ2v) is 11.3. The molecule has 0 bridgehead atoms. The molecule has 0 aromatic heterocycles. The normalized spacial score (nSPS) is 22.3. The van der Waals surface area contributed by atoms with Crippen LogP contribution in [-0.4, -0.2) is 5.16 Å². The number of hydrogen-bond donors (Lipinski definition) is 0. The van der Waals surface area contributed by atoms with E-state index in [-0.39, 0.29) is 5.16 Å². The molecule has 1 heteroatoms. The predicted molar refractivity (Wildman–Crippen MR) is 117 cm³/mol. The largest absolute Gasteiger partial charge is 0.117 e. The Labute approximate surface area is 158 Å². The average molecular weight is 357 g/mol. The lowest BCUT2D eigenvalue weighted by atomic mass is 10.0. The molecule has 1 unspecified atom stereocenters. The van der Waals surface area contributed by atoms with E-state index in [9.17, 15) is 0 Å². The van der Waals surface area contributed by atoms with E-state index in [1.165, 1.54) is 10.6 Å². The number of rotatable bonds is 4. The maximum atomic E-state index is 2.47. The Hall–Kier alpha value is -2.17. The maximum Gasteiger partial charge on any atom is 0.117 e. The van der Waals surface area contributed by atoms with Gasteiger partial charge in [-0.25, -0.2) is 0 Å². The van der Waals surface area contributed by atoms with Gasteiger partial charge in [-0.3, -0.25) is 0 Å². The van der Waals surface area contributed by atoms with E-state index in [0.717, 1.165) is 19.3 Å². The second kappa shape index (κ2) is 7.22. The fraction of sp³-hybridized carbons (Fsp3) is 0.200. The van der Waals surface area contributed by atoms with Crippen LogP contribution in [0.5, 0.6) is 0 Å². The molecule has 26 heavy (non-hydrogen) atoms. The Bertz CT molecular complexity index is 831. The number of hydrogen-bond acceptors (Lipinski definition) is 0. The summed E-state index contributed by atoms with van der Waals surface area (Å²) in [5.41, 5.74) is 0. The molecule has 130 valence electrons. The van der Waals surface area contributed by atoms with Crippen molar-refractivity contribution < 1.29 is 0 Å². The molecule has 2 aromatic carbocycles. The monoisotopic (exact) mass is 357 g/mol. The summed E-state index contributed by atoms with van der Waals surface area (Å²) < 4.78 is 0. The molecule has 0 saturated carbocycles. The molecule has 0 radical (unpaired) electrons. The fourth-order valence-electron chi connectivity index (χ4n) is 4.54. The smallest absolute Gasteiger partial charge is 0.0839 e. The van der Waals surface area contributed by atoms with Gasteiger partial charge in [-0.2, -0.15) is 0 Å². The molecule has 4 rings (SSSR count). The highest BCUT2D eigenvalue weighted by Gasteiger charge is 2.59. The minimum atomic E-state index is -1.79. The van der Waals surface area contributed by atoms with Gasteiger partial charge in [0.05, 0.1) is 5.31 Å². The van der Waals surface area contributed by atoms with Gasteiger partial charge in [-0.1, -0.05) is 66.8 Å². The first kappa shape index (κ1) is 17.3. The van der Waals surface area contributed by atoms with Crippen LogP contribution in [0.1, 0.15) is 26.2 Å². The number of allylic oxidation sites excluding steroid dienone is 8. The molecule has 0 spiro atoms. The molecule has 0 aliphatic heterocycles. The van der Waals surface area contributed by atoms with Crippen LogP contribution in [0.25, 0.3) is 0 Å². The third-order valence-corrected chi connectivity index (χ3v) is 11.0. The zero-order chi connectivity index (χ0) is 17.9. The van der Waals surface area contributed by atoms with Gasteiger partial charge in [0.25, 0.3) is 0 Å². The molecular weight excluding hydrogens is 331 g/mol. The molecule has 0 amide bonds. The van der Waals surface area contributed by atoms with Crippen LogP contribution in [0.2, 0.25) is 0 Å². The van der Waals surface area contributed by atoms with Crippen molar-refractivity contribution in [3.63, 3.8) is 0 Å². The minimum Gasteiger partial charge on any atom is -0.0839 e. The topological polar surface area (TPSA) is 0 Å². The first-order chi connectivity index (χ1) is 12.8. The first-order valence-electron chi connectivity index (χ1n) is 9.48. The first-order valence-corrected chi connectivity index (χ1v) is 11.3. The second-order valence-electron chi connectivity index (χ2n) is 7.32. The van der Waals surface area contributed by atoms with Gasteiger partial charge in [-0.05, 0) is 49.8 Å². The lowest BCUT2D eigenvalue weighted by Gasteiger charge is -2.43. The van der Waals surface area contributed by atoms with Crippen LogP contribution in [0.4, 0.5) is 0 Å². The number of benzene rings is 2. The van der Waals surface area contributed by atoms with E-state index >= 15 is 0 Å². The van der Waals surface area contributed by atoms with Crippen molar-refractivity contribution in [2.24, 2.45) is 0 Å². The lowest BCUT2D eigenvalue weighted by Crippen LogP contribution is -2.40. The van der Waals surface area contributed by atoms with Gasteiger partial charge in [0.15, 0.2) is 0 Å². The molecule has 2 aliphatic rings. The Morgan fingerprint density at radius 3 is 1.92 bits per heavy atom. The third kappa shape index (κ3) is 2.74. The Kier molecular flexibility index (Phi) is 4.79. The fourth-order valence-corrected chi connectivity index (χ4v) is 10.0. The molecular formula is C25H26P+. The van der Waals surface area contributed by atoms with Gasteiger partial charge in [-0.15, -0.1) is 0 Å². The predicted octanol–water partition coefficient (Wildman–Crippen LogP) is 6.16. The van der Waals surface area contributed by atoms with Crippen LogP contribution in [0, 0.1) is 0 Å². The van der Waals surface area contributed by atoms with E-state index in [4.69, 9.17) is 0 Å². The van der Waals surface area contributed by atoms with Crippen molar-refractivity contribution in [1.29, 1.82) is 0 Å². The van der Waals surface area contributed by atoms with Gasteiger partial charge < -0.3 is 0 Å². The summed E-state index contributed by atoms with van der Waals surface area (Å²) in [6.45, 7) is 2.47. The van der Waals surface area contributed by atoms with Crippen LogP contribution >= 0.6 is 7.26 Å². The standard InChI is InChI=1S/C25H26P/c1-25(20-12-5-13-21-25)26(22-14-6-2-7-15-22,23-16-8-3-9-17-23)24-18-10-4-11-19-24/h2-10,12-18,20H,11,19,21H2,1H3/q+1. The molecule has 0 heterocycles. The van der Waals surface area contributed by atoms with Crippen molar-refractivity contribution in [1.82, 2.24) is 0 Å². The maximum absolute atomic E-state index is 2.47. The van der Waals surface area contributed by atoms with Crippen LogP contribution in [0.3, 0.4) is 0 Å². The summed E-state index contributed by atoms with van der Waals surface area (Å²) >= 11 is 0. The highest BCUT2D eigenvalue weighted by atomic mass is 31.2. The molecule has 2 aliphatic carbocycles. The van der Waals surface area contributed by atoms with Crippen molar-refractivity contribution in [3.8, 4) is 0 Å². The van der Waals surface area contributed by atoms with E-state index in [2.05, 4.69) is 110 Å². The summed E-state index contributed by atoms with van der Waals surface area (Å²) in [7, 11) is -1.79. The van der Waals surface area contributed by atoms with Crippen LogP contribution in [-0.2, 0) is 0 Å². The third-order valence-electron chi connectivity index (χ3n) is 5.71. The summed E-state index contributed by atoms with van der Waals surface area (Å²) in [6.07, 6.45) is 19.6. The Balaban J connectivity index is 2.07. The Morgan fingerprint density at radius 2 is 1.42 bits per heavy atom. The van der Waals surface area contributed by atoms with Crippen molar-refractivity contribution in [2.45, 2.75) is 31.3 Å². The van der Waals surface area contributed by atoms with E-state index in [1.54, 1.807) is 5.31 Å². The van der Waals surface area contributed by atoms with Crippen LogP contribution < -0.4 is 10.6 Å². The van der Waals surface area contributed by atoms with Crippen LogP contribution in [0.15, 0.2) is 109 Å². The van der Waals surface area contributed by atoms with E-state index in [1.807, 2.05) is 0 Å². The summed E-state index contributed by atoms with van der Waals surface area (Å²) in [6, 6.07) is 22.5. The minimum absolute atomic E-state index is 0.0987. The molecule has 1 atom stereocenters. The van der Waals surface area contributed by atoms with Crippen molar-refractivity contribution in [2.75, 3.05) is 0 Å². The van der Waals surface area contributed by atoms with Gasteiger partial charge in [0.2, 0.25) is 0 Å².